The van der Waals surface area contributed by atoms with Gasteiger partial charge in [0.05, 0.1) is 5.92 Å². The van der Waals surface area contributed by atoms with Crippen molar-refractivity contribution in [2.75, 3.05) is 19.7 Å². The summed E-state index contributed by atoms with van der Waals surface area (Å²) in [5, 5.41) is 3.36. The molecule has 2 amide bonds. The second kappa shape index (κ2) is 10.5. The van der Waals surface area contributed by atoms with Gasteiger partial charge in [0.15, 0.2) is 6.61 Å². The minimum Gasteiger partial charge on any atom is -0.484 e. The van der Waals surface area contributed by atoms with Crippen molar-refractivity contribution in [3.05, 3.63) is 30.3 Å². The van der Waals surface area contributed by atoms with Crippen molar-refractivity contribution in [3.63, 3.8) is 0 Å². The maximum atomic E-state index is 13.0. The minimum atomic E-state index is -0.124. The SMILES string of the molecule is Cl.NC1CC2CCCC(C1)C2NC(=O)C1CCCN(C(=O)COc2ccccc2)C1. The van der Waals surface area contributed by atoms with Crippen molar-refractivity contribution in [3.8, 4) is 5.75 Å². The number of fused-ring (bicyclic) bond motifs is 2. The molecule has 30 heavy (non-hydrogen) atoms. The number of nitrogens with one attached hydrogen (secondary N) is 1. The highest BCUT2D eigenvalue weighted by atomic mass is 35.5. The molecule has 1 aliphatic heterocycles. The number of halogens is 1. The second-order valence-corrected chi connectivity index (χ2v) is 9.00. The quantitative estimate of drug-likeness (QED) is 0.744. The Morgan fingerprint density at radius 2 is 1.77 bits per heavy atom. The lowest BCUT2D eigenvalue weighted by Crippen LogP contribution is -2.56. The van der Waals surface area contributed by atoms with E-state index in [1.807, 2.05) is 30.3 Å². The first-order valence-corrected chi connectivity index (χ1v) is 11.1. The lowest BCUT2D eigenvalue weighted by atomic mass is 9.67. The summed E-state index contributed by atoms with van der Waals surface area (Å²) in [7, 11) is 0. The van der Waals surface area contributed by atoms with Crippen molar-refractivity contribution in [1.82, 2.24) is 10.2 Å². The van der Waals surface area contributed by atoms with Crippen molar-refractivity contribution >= 4 is 24.2 Å². The lowest BCUT2D eigenvalue weighted by molar-refractivity contribution is -0.138. The smallest absolute Gasteiger partial charge is 0.260 e. The van der Waals surface area contributed by atoms with Crippen LogP contribution in [0, 0.1) is 17.8 Å². The molecule has 3 fully saturated rings. The third-order valence-corrected chi connectivity index (χ3v) is 6.94. The number of amides is 2. The van der Waals surface area contributed by atoms with Crippen molar-refractivity contribution in [1.29, 1.82) is 0 Å². The van der Waals surface area contributed by atoms with Crippen molar-refractivity contribution in [2.45, 2.75) is 57.0 Å². The van der Waals surface area contributed by atoms with E-state index in [9.17, 15) is 9.59 Å². The Morgan fingerprint density at radius 1 is 1.07 bits per heavy atom. The molecule has 1 aromatic rings. The van der Waals surface area contributed by atoms with Gasteiger partial charge in [0.2, 0.25) is 5.91 Å². The third-order valence-electron chi connectivity index (χ3n) is 6.94. The van der Waals surface area contributed by atoms with Crippen LogP contribution in [0.4, 0.5) is 0 Å². The lowest BCUT2D eigenvalue weighted by Gasteiger charge is -2.46. The largest absolute Gasteiger partial charge is 0.484 e. The fourth-order valence-corrected chi connectivity index (χ4v) is 5.48. The summed E-state index contributed by atoms with van der Waals surface area (Å²) in [4.78, 5) is 27.4. The minimum absolute atomic E-state index is 0. The topological polar surface area (TPSA) is 84.7 Å². The van der Waals surface area contributed by atoms with Crippen LogP contribution in [0.15, 0.2) is 30.3 Å². The molecular weight excluding hydrogens is 402 g/mol. The summed E-state index contributed by atoms with van der Waals surface area (Å²) in [6.45, 7) is 1.21. The van der Waals surface area contributed by atoms with Gasteiger partial charge in [0.25, 0.3) is 5.91 Å². The summed E-state index contributed by atoms with van der Waals surface area (Å²) in [6.07, 6.45) is 7.33. The monoisotopic (exact) mass is 435 g/mol. The van der Waals surface area contributed by atoms with Gasteiger partial charge in [-0.15, -0.1) is 12.4 Å². The van der Waals surface area contributed by atoms with Crippen LogP contribution in [0.5, 0.6) is 5.75 Å². The number of benzene rings is 1. The van der Waals surface area contributed by atoms with Crippen molar-refractivity contribution < 1.29 is 14.3 Å². The van der Waals surface area contributed by atoms with Gasteiger partial charge in [-0.2, -0.15) is 0 Å². The zero-order valence-corrected chi connectivity index (χ0v) is 18.3. The first-order chi connectivity index (χ1) is 14.1. The Balaban J connectivity index is 0.00000256. The first kappa shape index (κ1) is 22.9. The normalized spacial score (nSPS) is 30.7. The van der Waals surface area contributed by atoms with E-state index in [4.69, 9.17) is 10.5 Å². The molecule has 7 heteroatoms. The van der Waals surface area contributed by atoms with E-state index >= 15 is 0 Å². The highest BCUT2D eigenvalue weighted by Gasteiger charge is 2.41. The van der Waals surface area contributed by atoms with Gasteiger partial charge >= 0.3 is 0 Å². The van der Waals surface area contributed by atoms with E-state index in [2.05, 4.69) is 5.32 Å². The first-order valence-electron chi connectivity index (χ1n) is 11.1. The van der Waals surface area contributed by atoms with E-state index in [-0.39, 0.29) is 48.8 Å². The molecule has 3 N–H and O–H groups in total. The Bertz CT molecular complexity index is 703. The number of rotatable bonds is 5. The van der Waals surface area contributed by atoms with Crippen LogP contribution in [0.25, 0.3) is 0 Å². The van der Waals surface area contributed by atoms with E-state index < -0.39 is 0 Å². The van der Waals surface area contributed by atoms with Gasteiger partial charge in [-0.1, -0.05) is 24.6 Å². The molecule has 0 radical (unpaired) electrons. The van der Waals surface area contributed by atoms with E-state index in [1.54, 1.807) is 4.90 Å². The molecule has 2 saturated carbocycles. The number of hydrogen-bond acceptors (Lipinski definition) is 4. The molecule has 2 bridgehead atoms. The fourth-order valence-electron chi connectivity index (χ4n) is 5.48. The van der Waals surface area contributed by atoms with E-state index in [0.717, 1.165) is 25.7 Å². The number of piperidine rings is 1. The Labute approximate surface area is 185 Å². The number of likely N-dealkylation sites (tertiary alicyclic amines) is 1. The van der Waals surface area contributed by atoms with Crippen LogP contribution in [0.1, 0.15) is 44.9 Å². The van der Waals surface area contributed by atoms with E-state index in [1.165, 1.54) is 19.3 Å². The molecule has 3 atom stereocenters. The summed E-state index contributed by atoms with van der Waals surface area (Å²) in [6, 6.07) is 9.91. The molecule has 166 valence electrons. The van der Waals surface area contributed by atoms with Gasteiger partial charge in [0.1, 0.15) is 5.75 Å². The van der Waals surface area contributed by atoms with Gasteiger partial charge in [-0.05, 0) is 62.5 Å². The van der Waals surface area contributed by atoms with Crippen LogP contribution < -0.4 is 15.8 Å². The maximum Gasteiger partial charge on any atom is 0.260 e. The van der Waals surface area contributed by atoms with Crippen molar-refractivity contribution in [2.24, 2.45) is 23.5 Å². The number of hydrogen-bond donors (Lipinski definition) is 2. The van der Waals surface area contributed by atoms with Gasteiger partial charge in [-0.3, -0.25) is 9.59 Å². The zero-order chi connectivity index (χ0) is 20.2. The Hall–Kier alpha value is -1.79. The number of ether oxygens (including phenoxy) is 1. The molecular formula is C23H34ClN3O3. The van der Waals surface area contributed by atoms with Gasteiger partial charge in [0, 0.05) is 25.2 Å². The molecule has 1 heterocycles. The molecule has 3 aliphatic rings. The van der Waals surface area contributed by atoms with Crippen LogP contribution in [-0.4, -0.2) is 48.5 Å². The molecule has 4 rings (SSSR count). The number of para-hydroxylation sites is 1. The molecule has 3 unspecified atom stereocenters. The van der Waals surface area contributed by atoms with Crippen LogP contribution in [-0.2, 0) is 9.59 Å². The zero-order valence-electron chi connectivity index (χ0n) is 17.5. The average Bonchev–Trinajstić information content (AvgIpc) is 2.73. The van der Waals surface area contributed by atoms with Crippen LogP contribution in [0.3, 0.4) is 0 Å². The highest BCUT2D eigenvalue weighted by molar-refractivity contribution is 5.85. The Kier molecular flexibility index (Phi) is 8.00. The van der Waals surface area contributed by atoms with Crippen LogP contribution >= 0.6 is 12.4 Å². The fraction of sp³-hybridized carbons (Fsp3) is 0.652. The molecule has 0 aromatic heterocycles. The molecule has 1 aromatic carbocycles. The van der Waals surface area contributed by atoms with Gasteiger partial charge in [-0.25, -0.2) is 0 Å². The summed E-state index contributed by atoms with van der Waals surface area (Å²) in [5.41, 5.74) is 6.21. The number of nitrogens with two attached hydrogens (primary N) is 1. The predicted molar refractivity (Wildman–Crippen MR) is 118 cm³/mol. The summed E-state index contributed by atoms with van der Waals surface area (Å²) >= 11 is 0. The highest BCUT2D eigenvalue weighted by Crippen LogP contribution is 2.39. The average molecular weight is 436 g/mol. The molecule has 2 aliphatic carbocycles. The third kappa shape index (κ3) is 5.46. The maximum absolute atomic E-state index is 13.0. The number of carbonyl (C=O) groups is 2. The van der Waals surface area contributed by atoms with Crippen LogP contribution in [0.2, 0.25) is 0 Å². The number of nitrogens with zero attached hydrogens (tertiary/aromatic N) is 1. The second-order valence-electron chi connectivity index (χ2n) is 9.00. The summed E-state index contributed by atoms with van der Waals surface area (Å²) < 4.78 is 5.59. The standard InChI is InChI=1S/C23H33N3O3.ClH/c24-19-12-16-6-4-7-17(13-19)22(16)25-23(28)18-8-5-11-26(14-18)21(27)15-29-20-9-2-1-3-10-20;/h1-3,9-10,16-19,22H,4-8,11-15,24H2,(H,25,28);1H. The Morgan fingerprint density at radius 3 is 2.47 bits per heavy atom. The summed E-state index contributed by atoms with van der Waals surface area (Å²) in [5.74, 6) is 1.66. The van der Waals surface area contributed by atoms with Gasteiger partial charge < -0.3 is 20.7 Å². The molecule has 1 saturated heterocycles. The molecule has 6 nitrogen and oxygen atoms in total. The molecule has 0 spiro atoms. The predicted octanol–water partition coefficient (Wildman–Crippen LogP) is 2.75. The van der Waals surface area contributed by atoms with E-state index in [0.29, 0.717) is 30.7 Å². The number of carbonyl (C=O) groups excluding carboxylic acids is 2.